The summed E-state index contributed by atoms with van der Waals surface area (Å²) in [5.41, 5.74) is -2.28. The van der Waals surface area contributed by atoms with Gasteiger partial charge >= 0.3 is 0 Å². The molecular weight excluding hydrogens is 298 g/mol. The molecule has 0 amide bonds. The fourth-order valence-corrected chi connectivity index (χ4v) is 3.27. The van der Waals surface area contributed by atoms with Gasteiger partial charge in [0, 0.05) is 19.0 Å². The molecule has 5 N–H and O–H groups in total. The first kappa shape index (κ1) is 22.8. The molecule has 0 aromatic heterocycles. The lowest BCUT2D eigenvalue weighted by Gasteiger charge is -2.37. The predicted octanol–water partition coefficient (Wildman–Crippen LogP) is 0.697. The Morgan fingerprint density at radius 1 is 1.00 bits per heavy atom. The van der Waals surface area contributed by atoms with E-state index in [1.54, 1.807) is 13.8 Å². The van der Waals surface area contributed by atoms with E-state index in [1.165, 1.54) is 0 Å². The molecule has 0 fully saturated rings. The van der Waals surface area contributed by atoms with Crippen LogP contribution in [0, 0.1) is 5.92 Å². The quantitative estimate of drug-likeness (QED) is 0.356. The van der Waals surface area contributed by atoms with Gasteiger partial charge in [0.2, 0.25) is 0 Å². The Kier molecular flexibility index (Phi) is 9.20. The third kappa shape index (κ3) is 8.42. The van der Waals surface area contributed by atoms with Crippen LogP contribution in [-0.2, 0) is 0 Å². The number of hydrogen-bond acceptors (Lipinski definition) is 6. The average Bonchev–Trinajstić information content (AvgIpc) is 2.35. The molecule has 140 valence electrons. The lowest BCUT2D eigenvalue weighted by atomic mass is 9.85. The summed E-state index contributed by atoms with van der Waals surface area (Å²) >= 11 is 0. The monoisotopic (exact) mass is 335 g/mol. The second-order valence-corrected chi connectivity index (χ2v) is 7.70. The van der Waals surface area contributed by atoms with E-state index in [0.717, 1.165) is 6.42 Å². The number of hydrogen-bond donors (Lipinski definition) is 5. The van der Waals surface area contributed by atoms with E-state index in [4.69, 9.17) is 10.2 Å². The van der Waals surface area contributed by atoms with Gasteiger partial charge in [0.25, 0.3) is 0 Å². The highest BCUT2D eigenvalue weighted by Crippen LogP contribution is 2.25. The zero-order valence-corrected chi connectivity index (χ0v) is 15.5. The second kappa shape index (κ2) is 9.30. The molecule has 0 heterocycles. The third-order valence-corrected chi connectivity index (χ3v) is 4.62. The smallest absolute Gasteiger partial charge is 0.154 e. The van der Waals surface area contributed by atoms with Crippen LogP contribution in [0.1, 0.15) is 60.3 Å². The van der Waals surface area contributed by atoms with E-state index >= 15 is 0 Å². The zero-order valence-electron chi connectivity index (χ0n) is 15.5. The molecule has 0 rings (SSSR count). The molecule has 2 unspecified atom stereocenters. The summed E-state index contributed by atoms with van der Waals surface area (Å²) in [6.45, 7) is 9.63. The summed E-state index contributed by atoms with van der Waals surface area (Å²) in [7, 11) is 1.90. The van der Waals surface area contributed by atoms with Gasteiger partial charge in [-0.2, -0.15) is 0 Å². The summed E-state index contributed by atoms with van der Waals surface area (Å²) < 4.78 is 0. The highest BCUT2D eigenvalue weighted by molar-refractivity contribution is 4.87. The largest absolute Gasteiger partial charge is 0.390 e. The molecule has 0 aliphatic rings. The van der Waals surface area contributed by atoms with E-state index in [9.17, 15) is 15.3 Å². The van der Waals surface area contributed by atoms with Crippen LogP contribution in [0.3, 0.4) is 0 Å². The fraction of sp³-hybridized carbons (Fsp3) is 1.00. The van der Waals surface area contributed by atoms with Gasteiger partial charge in [-0.1, -0.05) is 20.3 Å². The minimum absolute atomic E-state index is 0.00507. The average molecular weight is 335 g/mol. The summed E-state index contributed by atoms with van der Waals surface area (Å²) in [5.74, 6) is -0.127. The first-order valence-electron chi connectivity index (χ1n) is 8.51. The second-order valence-electron chi connectivity index (χ2n) is 7.70. The van der Waals surface area contributed by atoms with E-state index in [2.05, 4.69) is 0 Å². The molecule has 23 heavy (non-hydrogen) atoms. The Morgan fingerprint density at radius 3 is 1.96 bits per heavy atom. The van der Waals surface area contributed by atoms with Gasteiger partial charge in [-0.05, 0) is 46.6 Å². The van der Waals surface area contributed by atoms with Crippen molar-refractivity contribution in [2.75, 3.05) is 13.6 Å². The number of nitrogens with zero attached hydrogens (tertiary/aromatic N) is 1. The zero-order chi connectivity index (χ0) is 18.4. The van der Waals surface area contributed by atoms with Crippen LogP contribution in [0.5, 0.6) is 0 Å². The molecule has 0 spiro atoms. The Balaban J connectivity index is 4.59. The van der Waals surface area contributed by atoms with Crippen LogP contribution < -0.4 is 0 Å². The maximum Gasteiger partial charge on any atom is 0.154 e. The topological polar surface area (TPSA) is 104 Å². The Morgan fingerprint density at radius 2 is 1.52 bits per heavy atom. The van der Waals surface area contributed by atoms with Crippen molar-refractivity contribution in [3.05, 3.63) is 0 Å². The first-order chi connectivity index (χ1) is 10.3. The normalized spacial score (nSPS) is 21.8. The van der Waals surface area contributed by atoms with Crippen LogP contribution in [-0.4, -0.2) is 73.7 Å². The van der Waals surface area contributed by atoms with Crippen LogP contribution in [0.4, 0.5) is 0 Å². The van der Waals surface area contributed by atoms with E-state index in [1.807, 2.05) is 32.7 Å². The van der Waals surface area contributed by atoms with E-state index in [0.29, 0.717) is 19.4 Å². The Bertz CT molecular complexity index is 333. The molecule has 5 atom stereocenters. The first-order valence-corrected chi connectivity index (χ1v) is 8.51. The van der Waals surface area contributed by atoms with Crippen molar-refractivity contribution in [1.82, 2.24) is 4.90 Å². The van der Waals surface area contributed by atoms with Crippen molar-refractivity contribution in [2.24, 2.45) is 5.92 Å². The van der Waals surface area contributed by atoms with Gasteiger partial charge in [0.1, 0.15) is 0 Å². The number of aliphatic hydroxyl groups excluding tert-OH is 2. The van der Waals surface area contributed by atoms with Gasteiger partial charge in [-0.15, -0.1) is 0 Å². The summed E-state index contributed by atoms with van der Waals surface area (Å²) in [6.07, 6.45) is -0.732. The minimum Gasteiger partial charge on any atom is -0.390 e. The molecule has 6 heteroatoms. The molecule has 0 aliphatic carbocycles. The highest BCUT2D eigenvalue weighted by Gasteiger charge is 2.35. The number of aliphatic hydroxyl groups is 5. The van der Waals surface area contributed by atoms with Crippen molar-refractivity contribution in [2.45, 2.75) is 89.9 Å². The summed E-state index contributed by atoms with van der Waals surface area (Å²) in [4.78, 5) is 2.01. The Labute approximate surface area is 140 Å². The molecule has 6 nitrogen and oxygen atoms in total. The third-order valence-electron chi connectivity index (χ3n) is 4.62. The van der Waals surface area contributed by atoms with Crippen molar-refractivity contribution in [3.63, 3.8) is 0 Å². The van der Waals surface area contributed by atoms with Crippen molar-refractivity contribution < 1.29 is 25.5 Å². The maximum absolute atomic E-state index is 10.4. The minimum atomic E-state index is -1.53. The SMILES string of the molecule is CCCC(C)(O)[C@H](O)[C@@H](C)CN(C)[C@H](C)CC(C)(O)CC(O)O. The fourth-order valence-electron chi connectivity index (χ4n) is 3.27. The Hall–Kier alpha value is -0.240. The van der Waals surface area contributed by atoms with Gasteiger partial charge in [-0.3, -0.25) is 0 Å². The van der Waals surface area contributed by atoms with Gasteiger partial charge in [0.15, 0.2) is 6.29 Å². The van der Waals surface area contributed by atoms with Crippen LogP contribution >= 0.6 is 0 Å². The summed E-state index contributed by atoms with van der Waals surface area (Å²) in [5, 5.41) is 48.9. The van der Waals surface area contributed by atoms with Gasteiger partial charge < -0.3 is 30.4 Å². The van der Waals surface area contributed by atoms with Crippen molar-refractivity contribution in [3.8, 4) is 0 Å². The maximum atomic E-state index is 10.4. The molecule has 0 aliphatic heterocycles. The lowest BCUT2D eigenvalue weighted by Crippen LogP contribution is -2.48. The van der Waals surface area contributed by atoms with E-state index < -0.39 is 23.6 Å². The molecule has 0 radical (unpaired) electrons. The van der Waals surface area contributed by atoms with Gasteiger partial charge in [0.05, 0.1) is 17.3 Å². The molecule has 0 saturated heterocycles. The molecule has 0 saturated carbocycles. The summed E-state index contributed by atoms with van der Waals surface area (Å²) in [6, 6.07) is -0.00507. The molecule has 0 bridgehead atoms. The van der Waals surface area contributed by atoms with Crippen molar-refractivity contribution in [1.29, 1.82) is 0 Å². The lowest BCUT2D eigenvalue weighted by molar-refractivity contribution is -0.108. The number of rotatable bonds is 11. The van der Waals surface area contributed by atoms with Crippen LogP contribution in [0.2, 0.25) is 0 Å². The molecular formula is C17H37NO5. The van der Waals surface area contributed by atoms with Gasteiger partial charge in [-0.25, -0.2) is 0 Å². The molecule has 0 aromatic carbocycles. The van der Waals surface area contributed by atoms with Crippen molar-refractivity contribution >= 4 is 0 Å². The molecule has 0 aromatic rings. The standard InChI is InChI=1S/C17H37NO5/c1-7-8-17(5,23)15(21)12(2)11-18(6)13(3)9-16(4,22)10-14(19)20/h12-15,19-23H,7-11H2,1-6H3/t12-,13+,15+,16?,17?/m0/s1. The van der Waals surface area contributed by atoms with Crippen LogP contribution in [0.25, 0.3) is 0 Å². The van der Waals surface area contributed by atoms with E-state index in [-0.39, 0.29) is 18.4 Å². The highest BCUT2D eigenvalue weighted by atomic mass is 16.5. The van der Waals surface area contributed by atoms with Crippen LogP contribution in [0.15, 0.2) is 0 Å². The predicted molar refractivity (Wildman–Crippen MR) is 90.9 cm³/mol.